The molecule has 0 radical (unpaired) electrons. The Balaban J connectivity index is 1.83. The van der Waals surface area contributed by atoms with Crippen LogP contribution in [0.25, 0.3) is 11.0 Å². The van der Waals surface area contributed by atoms with Crippen molar-refractivity contribution in [3.05, 3.63) is 52.3 Å². The first-order valence-electron chi connectivity index (χ1n) is 5.94. The maximum absolute atomic E-state index is 5.95. The highest BCUT2D eigenvalue weighted by atomic mass is 35.5. The summed E-state index contributed by atoms with van der Waals surface area (Å²) >= 11 is 11.8. The molecule has 6 heteroatoms. The molecule has 20 heavy (non-hydrogen) atoms. The molecule has 102 valence electrons. The highest BCUT2D eigenvalue weighted by Gasteiger charge is 2.08. The summed E-state index contributed by atoms with van der Waals surface area (Å²) in [5, 5.41) is 1.20. The molecule has 0 bridgehead atoms. The number of imidazole rings is 1. The maximum Gasteiger partial charge on any atom is 0.146 e. The van der Waals surface area contributed by atoms with Crippen LogP contribution in [0, 0.1) is 0 Å². The Hall–Kier alpha value is -1.91. The van der Waals surface area contributed by atoms with Crippen molar-refractivity contribution in [2.45, 2.75) is 6.61 Å². The molecule has 3 N–H and O–H groups in total. The predicted octanol–water partition coefficient (Wildman–Crippen LogP) is 4.03. The smallest absolute Gasteiger partial charge is 0.146 e. The number of hydrogen-bond donors (Lipinski definition) is 2. The van der Waals surface area contributed by atoms with Gasteiger partial charge >= 0.3 is 0 Å². The van der Waals surface area contributed by atoms with E-state index in [1.807, 2.05) is 12.1 Å². The van der Waals surface area contributed by atoms with Crippen molar-refractivity contribution in [1.29, 1.82) is 0 Å². The number of aromatic amines is 1. The molecular formula is C14H11Cl2N3O. The summed E-state index contributed by atoms with van der Waals surface area (Å²) in [5.74, 6) is 1.36. The van der Waals surface area contributed by atoms with E-state index in [2.05, 4.69) is 9.97 Å². The lowest BCUT2D eigenvalue weighted by molar-refractivity contribution is 0.297. The molecule has 0 unspecified atom stereocenters. The van der Waals surface area contributed by atoms with Gasteiger partial charge in [-0.25, -0.2) is 4.98 Å². The largest absolute Gasteiger partial charge is 0.486 e. The number of benzene rings is 2. The first-order chi connectivity index (χ1) is 9.61. The zero-order chi connectivity index (χ0) is 14.1. The molecule has 3 rings (SSSR count). The minimum absolute atomic E-state index is 0.298. The molecule has 2 aromatic carbocycles. The van der Waals surface area contributed by atoms with Gasteiger partial charge in [0.25, 0.3) is 0 Å². The third-order valence-corrected chi connectivity index (χ3v) is 3.25. The predicted molar refractivity (Wildman–Crippen MR) is 81.3 cm³/mol. The van der Waals surface area contributed by atoms with Crippen LogP contribution < -0.4 is 10.5 Å². The van der Waals surface area contributed by atoms with Crippen molar-refractivity contribution >= 4 is 39.9 Å². The van der Waals surface area contributed by atoms with E-state index in [-0.39, 0.29) is 0 Å². The molecule has 0 aliphatic rings. The summed E-state index contributed by atoms with van der Waals surface area (Å²) in [4.78, 5) is 7.52. The molecule has 0 atom stereocenters. The summed E-state index contributed by atoms with van der Waals surface area (Å²) in [6.45, 7) is 0.298. The van der Waals surface area contributed by atoms with Crippen LogP contribution in [-0.2, 0) is 6.61 Å². The van der Waals surface area contributed by atoms with Crippen LogP contribution in [0.3, 0.4) is 0 Å². The molecule has 3 aromatic rings. The highest BCUT2D eigenvalue weighted by molar-refractivity contribution is 6.31. The molecule has 0 aliphatic carbocycles. The Kier molecular flexibility index (Phi) is 3.42. The van der Waals surface area contributed by atoms with Crippen LogP contribution in [0.15, 0.2) is 36.4 Å². The average Bonchev–Trinajstić information content (AvgIpc) is 2.80. The number of aromatic nitrogens is 2. The molecule has 1 heterocycles. The zero-order valence-corrected chi connectivity index (χ0v) is 11.9. The van der Waals surface area contributed by atoms with E-state index in [0.717, 1.165) is 5.52 Å². The first kappa shape index (κ1) is 13.1. The summed E-state index contributed by atoms with van der Waals surface area (Å²) in [6.07, 6.45) is 0. The number of H-pyrrole nitrogens is 1. The van der Waals surface area contributed by atoms with Gasteiger partial charge in [-0.2, -0.15) is 0 Å². The third kappa shape index (κ3) is 2.66. The number of nitrogens with zero attached hydrogens (tertiary/aromatic N) is 1. The summed E-state index contributed by atoms with van der Waals surface area (Å²) in [6, 6.07) is 10.6. The fraction of sp³-hybridized carbons (Fsp3) is 0.0714. The van der Waals surface area contributed by atoms with E-state index >= 15 is 0 Å². The summed E-state index contributed by atoms with van der Waals surface area (Å²) in [7, 11) is 0. The third-order valence-electron chi connectivity index (χ3n) is 2.80. The van der Waals surface area contributed by atoms with Gasteiger partial charge in [-0.15, -0.1) is 0 Å². The number of halogens is 2. The molecule has 0 saturated carbocycles. The van der Waals surface area contributed by atoms with Crippen LogP contribution in [-0.4, -0.2) is 9.97 Å². The van der Waals surface area contributed by atoms with Crippen molar-refractivity contribution in [3.63, 3.8) is 0 Å². The molecule has 0 aliphatic heterocycles. The number of nitrogen functional groups attached to an aromatic ring is 1. The van der Waals surface area contributed by atoms with E-state index < -0.39 is 0 Å². The highest BCUT2D eigenvalue weighted by Crippen LogP contribution is 2.24. The van der Waals surface area contributed by atoms with Crippen molar-refractivity contribution in [1.82, 2.24) is 9.97 Å². The second-order valence-electron chi connectivity index (χ2n) is 4.32. The minimum Gasteiger partial charge on any atom is -0.486 e. The number of hydrogen-bond acceptors (Lipinski definition) is 3. The second kappa shape index (κ2) is 5.23. The van der Waals surface area contributed by atoms with Crippen molar-refractivity contribution in [2.75, 3.05) is 5.73 Å². The molecule has 0 fully saturated rings. The molecular weight excluding hydrogens is 297 g/mol. The zero-order valence-electron chi connectivity index (χ0n) is 10.4. The summed E-state index contributed by atoms with van der Waals surface area (Å²) in [5.41, 5.74) is 7.90. The standard InChI is InChI=1S/C14H11Cl2N3O/c15-8-2-1-3-10(4-8)20-7-13-18-12-6-9(16)5-11(17)14(12)19-13/h1-6H,7,17H2,(H,18,19). The van der Waals surface area contributed by atoms with E-state index in [9.17, 15) is 0 Å². The number of anilines is 1. The van der Waals surface area contributed by atoms with Crippen LogP contribution in [0.5, 0.6) is 5.75 Å². The number of nitrogens with two attached hydrogens (primary N) is 1. The normalized spacial score (nSPS) is 10.9. The van der Waals surface area contributed by atoms with Gasteiger partial charge in [0.05, 0.1) is 11.2 Å². The lowest BCUT2D eigenvalue weighted by Crippen LogP contribution is -1.97. The van der Waals surface area contributed by atoms with Crippen molar-refractivity contribution in [3.8, 4) is 5.75 Å². The van der Waals surface area contributed by atoms with Gasteiger partial charge in [-0.1, -0.05) is 29.3 Å². The van der Waals surface area contributed by atoms with Gasteiger partial charge in [-0.3, -0.25) is 0 Å². The Morgan fingerprint density at radius 2 is 2.00 bits per heavy atom. The van der Waals surface area contributed by atoms with Crippen molar-refractivity contribution < 1.29 is 4.74 Å². The quantitative estimate of drug-likeness (QED) is 0.718. The molecule has 4 nitrogen and oxygen atoms in total. The summed E-state index contributed by atoms with van der Waals surface area (Å²) < 4.78 is 5.62. The van der Waals surface area contributed by atoms with Gasteiger partial charge in [0.1, 0.15) is 23.7 Å². The second-order valence-corrected chi connectivity index (χ2v) is 5.19. The monoisotopic (exact) mass is 307 g/mol. The van der Waals surface area contributed by atoms with Crippen molar-refractivity contribution in [2.24, 2.45) is 0 Å². The molecule has 0 saturated heterocycles. The van der Waals surface area contributed by atoms with E-state index in [0.29, 0.717) is 39.4 Å². The van der Waals surface area contributed by atoms with E-state index in [4.69, 9.17) is 33.7 Å². The fourth-order valence-electron chi connectivity index (χ4n) is 1.94. The minimum atomic E-state index is 0.298. The Labute approximate surface area is 125 Å². The Bertz CT molecular complexity index is 770. The van der Waals surface area contributed by atoms with Gasteiger partial charge in [0.2, 0.25) is 0 Å². The lowest BCUT2D eigenvalue weighted by atomic mass is 10.3. The topological polar surface area (TPSA) is 63.9 Å². The average molecular weight is 308 g/mol. The van der Waals surface area contributed by atoms with Gasteiger partial charge in [0.15, 0.2) is 0 Å². The van der Waals surface area contributed by atoms with Crippen LogP contribution in [0.1, 0.15) is 5.82 Å². The van der Waals surface area contributed by atoms with E-state index in [1.54, 1.807) is 24.3 Å². The maximum atomic E-state index is 5.95. The number of ether oxygens (including phenoxy) is 1. The number of fused-ring (bicyclic) bond motifs is 1. The number of nitrogens with one attached hydrogen (secondary N) is 1. The van der Waals surface area contributed by atoms with E-state index in [1.165, 1.54) is 0 Å². The molecule has 1 aromatic heterocycles. The van der Waals surface area contributed by atoms with Gasteiger partial charge in [-0.05, 0) is 30.3 Å². The molecule has 0 spiro atoms. The SMILES string of the molecule is Nc1cc(Cl)cc2[nH]c(COc3cccc(Cl)c3)nc12. The van der Waals surface area contributed by atoms with Crippen LogP contribution in [0.4, 0.5) is 5.69 Å². The van der Waals surface area contributed by atoms with Crippen LogP contribution >= 0.6 is 23.2 Å². The first-order valence-corrected chi connectivity index (χ1v) is 6.69. The van der Waals surface area contributed by atoms with Gasteiger partial charge < -0.3 is 15.5 Å². The van der Waals surface area contributed by atoms with Gasteiger partial charge in [0, 0.05) is 10.0 Å². The number of rotatable bonds is 3. The molecule has 0 amide bonds. The fourth-order valence-corrected chi connectivity index (χ4v) is 2.34. The Morgan fingerprint density at radius 3 is 2.80 bits per heavy atom. The lowest BCUT2D eigenvalue weighted by Gasteiger charge is -2.03. The van der Waals surface area contributed by atoms with Crippen LogP contribution in [0.2, 0.25) is 10.0 Å². The Morgan fingerprint density at radius 1 is 1.15 bits per heavy atom.